The Morgan fingerprint density at radius 3 is 2.61 bits per heavy atom. The summed E-state index contributed by atoms with van der Waals surface area (Å²) in [6, 6.07) is 9.76. The van der Waals surface area contributed by atoms with Gasteiger partial charge in [-0.25, -0.2) is 0 Å². The predicted molar refractivity (Wildman–Crippen MR) is 66.2 cm³/mol. The second kappa shape index (κ2) is 4.68. The Hall–Kier alpha value is -2.04. The van der Waals surface area contributed by atoms with E-state index in [1.165, 1.54) is 0 Å². The number of aromatic nitrogens is 4. The zero-order chi connectivity index (χ0) is 13.2. The largest absolute Gasteiger partial charge is 0.300 e. The summed E-state index contributed by atoms with van der Waals surface area (Å²) in [7, 11) is 0. The van der Waals surface area contributed by atoms with Gasteiger partial charge >= 0.3 is 0 Å². The minimum Gasteiger partial charge on any atom is -0.300 e. The van der Waals surface area contributed by atoms with Crippen LogP contribution < -0.4 is 4.68 Å². The molecule has 0 aliphatic heterocycles. The van der Waals surface area contributed by atoms with Gasteiger partial charge in [0.05, 0.1) is 0 Å². The third-order valence-electron chi connectivity index (χ3n) is 2.77. The number of rotatable bonds is 4. The number of hydrogen-bond donors (Lipinski definition) is 0. The average Bonchev–Trinajstić information content (AvgIpc) is 2.78. The van der Waals surface area contributed by atoms with E-state index >= 15 is 0 Å². The molecule has 2 rings (SSSR count). The molecule has 0 atom stereocenters. The van der Waals surface area contributed by atoms with E-state index in [0.717, 1.165) is 5.69 Å². The molecule has 0 saturated carbocycles. The van der Waals surface area contributed by atoms with Crippen molar-refractivity contribution in [2.45, 2.75) is 32.7 Å². The molecular weight excluding hydrogens is 228 g/mol. The smallest absolute Gasteiger partial charge is 0.251 e. The van der Waals surface area contributed by atoms with Gasteiger partial charge in [-0.2, -0.15) is 0 Å². The summed E-state index contributed by atoms with van der Waals surface area (Å²) in [6.07, 6.45) is 2.24. The Morgan fingerprint density at radius 2 is 2.00 bits per heavy atom. The van der Waals surface area contributed by atoms with Crippen molar-refractivity contribution >= 4 is 5.78 Å². The molecule has 0 aliphatic rings. The zero-order valence-corrected chi connectivity index (χ0v) is 10.9. The second-order valence-electron chi connectivity index (χ2n) is 5.01. The monoisotopic (exact) mass is 245 g/mol. The molecule has 1 aromatic carbocycles. The van der Waals surface area contributed by atoms with Gasteiger partial charge in [0.15, 0.2) is 5.21 Å². The molecule has 5 nitrogen and oxygen atoms in total. The van der Waals surface area contributed by atoms with Crippen LogP contribution in [-0.2, 0) is 10.3 Å². The second-order valence-corrected chi connectivity index (χ2v) is 5.01. The van der Waals surface area contributed by atoms with E-state index in [0.29, 0.717) is 6.42 Å². The van der Waals surface area contributed by atoms with E-state index in [9.17, 15) is 4.79 Å². The fraction of sp³-hybridized carbons (Fsp3) is 0.385. The highest BCUT2D eigenvalue weighted by Gasteiger charge is 2.29. The summed E-state index contributed by atoms with van der Waals surface area (Å²) >= 11 is 0. The number of hydrogen-bond acceptors (Lipinski definition) is 3. The quantitative estimate of drug-likeness (QED) is 0.762. The van der Waals surface area contributed by atoms with Crippen LogP contribution in [0.25, 0.3) is 5.69 Å². The fourth-order valence-electron chi connectivity index (χ4n) is 1.90. The van der Waals surface area contributed by atoms with Crippen molar-refractivity contribution in [2.75, 3.05) is 0 Å². The molecule has 0 N–H and O–H groups in total. The highest BCUT2D eigenvalue weighted by molar-refractivity contribution is 5.76. The molecule has 0 spiro atoms. The predicted octanol–water partition coefficient (Wildman–Crippen LogP) is 1.27. The van der Waals surface area contributed by atoms with Gasteiger partial charge in [0, 0.05) is 6.42 Å². The summed E-state index contributed by atoms with van der Waals surface area (Å²) < 4.78 is 3.42. The normalized spacial score (nSPS) is 11.5. The maximum atomic E-state index is 11.2. The van der Waals surface area contributed by atoms with Crippen molar-refractivity contribution in [2.24, 2.45) is 0 Å². The van der Waals surface area contributed by atoms with Gasteiger partial charge in [0.25, 0.3) is 6.33 Å². The van der Waals surface area contributed by atoms with Gasteiger partial charge in [0.1, 0.15) is 22.2 Å². The van der Waals surface area contributed by atoms with Crippen molar-refractivity contribution in [1.29, 1.82) is 0 Å². The molecule has 1 heterocycles. The highest BCUT2D eigenvalue weighted by Crippen LogP contribution is 2.11. The standard InChI is InChI=1S/C13H17N4O/c1-11(18)9-13(2,3)17-10-16(14-15-17)12-7-5-4-6-8-12/h4-8,10H,9H2,1-3H3/q+1. The van der Waals surface area contributed by atoms with Crippen LogP contribution in [0.1, 0.15) is 27.2 Å². The van der Waals surface area contributed by atoms with Crippen LogP contribution >= 0.6 is 0 Å². The van der Waals surface area contributed by atoms with Gasteiger partial charge in [-0.1, -0.05) is 22.9 Å². The molecule has 0 aliphatic carbocycles. The molecule has 1 aromatic heterocycles. The number of nitrogens with zero attached hydrogens (tertiary/aromatic N) is 4. The lowest BCUT2D eigenvalue weighted by Crippen LogP contribution is -2.54. The number of benzene rings is 1. The highest BCUT2D eigenvalue weighted by atomic mass is 16.1. The zero-order valence-electron chi connectivity index (χ0n) is 10.9. The lowest BCUT2D eigenvalue weighted by molar-refractivity contribution is -0.809. The summed E-state index contributed by atoms with van der Waals surface area (Å²) in [4.78, 5) is 11.2. The van der Waals surface area contributed by atoms with Crippen LogP contribution in [-0.4, -0.2) is 20.9 Å². The Balaban J connectivity index is 2.28. The van der Waals surface area contributed by atoms with E-state index in [1.807, 2.05) is 44.2 Å². The minimum absolute atomic E-state index is 0.141. The van der Waals surface area contributed by atoms with Gasteiger partial charge in [-0.15, -0.1) is 4.68 Å². The van der Waals surface area contributed by atoms with Crippen LogP contribution in [0.4, 0.5) is 0 Å². The van der Waals surface area contributed by atoms with Crippen molar-refractivity contribution in [1.82, 2.24) is 15.1 Å². The molecule has 0 bridgehead atoms. The minimum atomic E-state index is -0.362. The Labute approximate surface area is 106 Å². The van der Waals surface area contributed by atoms with Crippen LogP contribution in [0.5, 0.6) is 0 Å². The van der Waals surface area contributed by atoms with Crippen LogP contribution in [0.15, 0.2) is 36.7 Å². The molecule has 94 valence electrons. The first kappa shape index (κ1) is 12.4. The number of carbonyl (C=O) groups is 1. The molecule has 5 heteroatoms. The molecule has 0 unspecified atom stereocenters. The molecular formula is C13H17N4O+. The summed E-state index contributed by atoms with van der Waals surface area (Å²) in [5, 5.41) is 8.17. The van der Waals surface area contributed by atoms with Crippen LogP contribution in [0, 0.1) is 0 Å². The van der Waals surface area contributed by atoms with Crippen LogP contribution in [0.3, 0.4) is 0 Å². The Kier molecular flexibility index (Phi) is 3.23. The molecule has 0 radical (unpaired) electrons. The van der Waals surface area contributed by atoms with E-state index in [2.05, 4.69) is 10.4 Å². The van der Waals surface area contributed by atoms with Crippen molar-refractivity contribution < 1.29 is 9.48 Å². The Morgan fingerprint density at radius 1 is 1.33 bits per heavy atom. The maximum absolute atomic E-state index is 11.2. The molecule has 2 aromatic rings. The van der Waals surface area contributed by atoms with Gasteiger partial charge < -0.3 is 0 Å². The van der Waals surface area contributed by atoms with Crippen molar-refractivity contribution in [3.63, 3.8) is 0 Å². The van der Waals surface area contributed by atoms with E-state index < -0.39 is 0 Å². The topological polar surface area (TPSA) is 51.7 Å². The third-order valence-corrected chi connectivity index (χ3v) is 2.77. The summed E-state index contributed by atoms with van der Waals surface area (Å²) in [5.74, 6) is 0.141. The number of ketones is 1. The fourth-order valence-corrected chi connectivity index (χ4v) is 1.90. The van der Waals surface area contributed by atoms with Crippen LogP contribution in [0.2, 0.25) is 0 Å². The van der Waals surface area contributed by atoms with Crippen molar-refractivity contribution in [3.8, 4) is 5.69 Å². The molecule has 0 fully saturated rings. The first-order valence-corrected chi connectivity index (χ1v) is 5.89. The van der Waals surface area contributed by atoms with E-state index in [4.69, 9.17) is 0 Å². The maximum Gasteiger partial charge on any atom is 0.251 e. The summed E-state index contributed by atoms with van der Waals surface area (Å²) in [5.41, 5.74) is 0.584. The number of para-hydroxylation sites is 1. The van der Waals surface area contributed by atoms with Crippen molar-refractivity contribution in [3.05, 3.63) is 36.7 Å². The summed E-state index contributed by atoms with van der Waals surface area (Å²) in [6.45, 7) is 5.53. The number of tetrazole rings is 1. The lowest BCUT2D eigenvalue weighted by Gasteiger charge is -2.17. The number of Topliss-reactive ketones (excluding diaryl/α,β-unsaturated/α-hetero) is 1. The van der Waals surface area contributed by atoms with Gasteiger partial charge in [-0.05, 0) is 32.9 Å². The van der Waals surface area contributed by atoms with Gasteiger partial charge in [-0.3, -0.25) is 4.79 Å². The molecule has 0 amide bonds. The van der Waals surface area contributed by atoms with E-state index in [-0.39, 0.29) is 11.3 Å². The first-order valence-electron chi connectivity index (χ1n) is 5.89. The Bertz CT molecular complexity index is 545. The molecule has 0 saturated heterocycles. The number of carbonyl (C=O) groups excluding carboxylic acids is 1. The first-order chi connectivity index (χ1) is 8.49. The lowest BCUT2D eigenvalue weighted by atomic mass is 9.99. The average molecular weight is 245 g/mol. The SMILES string of the molecule is CC(=O)CC(C)(C)[n+]1cn(-c2ccccc2)nn1. The molecule has 18 heavy (non-hydrogen) atoms. The third kappa shape index (κ3) is 2.61. The van der Waals surface area contributed by atoms with E-state index in [1.54, 1.807) is 22.6 Å². The van der Waals surface area contributed by atoms with Gasteiger partial charge in [0.2, 0.25) is 0 Å².